The number of anilines is 1. The van der Waals surface area contributed by atoms with Crippen LogP contribution in [0.1, 0.15) is 39.2 Å². The third kappa shape index (κ3) is 8.17. The fourth-order valence-electron chi connectivity index (χ4n) is 3.66. The molecule has 202 valence electrons. The van der Waals surface area contributed by atoms with Gasteiger partial charge in [0.2, 0.25) is 21.8 Å². The number of nitro groups is 1. The lowest BCUT2D eigenvalue weighted by molar-refractivity contribution is -0.384. The quantitative estimate of drug-likeness (QED) is 0.308. The molecule has 0 heterocycles. The van der Waals surface area contributed by atoms with Gasteiger partial charge in [0.1, 0.15) is 18.3 Å². The first-order valence-electron chi connectivity index (χ1n) is 11.9. The molecule has 2 rings (SSSR count). The Bertz CT molecular complexity index is 1200. The van der Waals surface area contributed by atoms with Crippen LogP contribution in [-0.2, 0) is 26.2 Å². The highest BCUT2D eigenvalue weighted by Gasteiger charge is 2.32. The monoisotopic (exact) mass is 534 g/mol. The van der Waals surface area contributed by atoms with E-state index in [1.165, 1.54) is 30.2 Å². The second kappa shape index (κ2) is 13.0. The van der Waals surface area contributed by atoms with E-state index < -0.39 is 33.4 Å². The highest BCUT2D eigenvalue weighted by molar-refractivity contribution is 7.92. The van der Waals surface area contributed by atoms with Crippen LogP contribution in [0.5, 0.6) is 5.75 Å². The smallest absolute Gasteiger partial charge is 0.271 e. The number of non-ortho nitro benzene ring substituents is 1. The minimum Gasteiger partial charge on any atom is -0.497 e. The van der Waals surface area contributed by atoms with Gasteiger partial charge < -0.3 is 15.0 Å². The number of sulfonamides is 1. The van der Waals surface area contributed by atoms with Crippen molar-refractivity contribution in [3.8, 4) is 5.75 Å². The highest BCUT2D eigenvalue weighted by atomic mass is 32.2. The summed E-state index contributed by atoms with van der Waals surface area (Å²) in [5.41, 5.74) is 0.379. The summed E-state index contributed by atoms with van der Waals surface area (Å²) in [6.07, 6.45) is 1.91. The molecule has 0 saturated carbocycles. The van der Waals surface area contributed by atoms with E-state index in [1.54, 1.807) is 31.2 Å². The number of carbonyl (C=O) groups excluding carboxylic acids is 2. The summed E-state index contributed by atoms with van der Waals surface area (Å²) < 4.78 is 31.3. The molecule has 0 fully saturated rings. The third-order valence-corrected chi connectivity index (χ3v) is 7.05. The molecule has 0 radical (unpaired) electrons. The Kier molecular flexibility index (Phi) is 10.4. The number of rotatable bonds is 13. The van der Waals surface area contributed by atoms with E-state index in [1.807, 2.05) is 13.8 Å². The number of hydrogen-bond acceptors (Lipinski definition) is 7. The van der Waals surface area contributed by atoms with E-state index in [4.69, 9.17) is 4.74 Å². The van der Waals surface area contributed by atoms with Gasteiger partial charge in [-0.05, 0) is 43.5 Å². The maximum Gasteiger partial charge on any atom is 0.271 e. The minimum absolute atomic E-state index is 0.0217. The van der Waals surface area contributed by atoms with E-state index in [0.717, 1.165) is 16.6 Å². The maximum atomic E-state index is 13.7. The summed E-state index contributed by atoms with van der Waals surface area (Å²) >= 11 is 0. The first-order valence-corrected chi connectivity index (χ1v) is 13.7. The lowest BCUT2D eigenvalue weighted by Gasteiger charge is -2.33. The van der Waals surface area contributed by atoms with Gasteiger partial charge in [0.15, 0.2) is 0 Å². The van der Waals surface area contributed by atoms with Crippen LogP contribution in [0.15, 0.2) is 48.5 Å². The van der Waals surface area contributed by atoms with Gasteiger partial charge in [-0.3, -0.25) is 24.0 Å². The van der Waals surface area contributed by atoms with E-state index in [-0.39, 0.29) is 29.9 Å². The summed E-state index contributed by atoms with van der Waals surface area (Å²) in [6.45, 7) is 4.96. The molecule has 0 bridgehead atoms. The first-order chi connectivity index (χ1) is 17.4. The van der Waals surface area contributed by atoms with Gasteiger partial charge in [-0.25, -0.2) is 8.42 Å². The number of ether oxygens (including phenoxy) is 1. The molecular formula is C25H34N4O7S. The van der Waals surface area contributed by atoms with E-state index in [2.05, 4.69) is 5.32 Å². The zero-order valence-electron chi connectivity index (χ0n) is 21.7. The van der Waals surface area contributed by atoms with Crippen molar-refractivity contribution in [1.29, 1.82) is 0 Å². The number of carbonyl (C=O) groups is 2. The Hall–Kier alpha value is -3.67. The normalized spacial score (nSPS) is 12.8. The van der Waals surface area contributed by atoms with Crippen molar-refractivity contribution >= 4 is 33.2 Å². The van der Waals surface area contributed by atoms with Crippen LogP contribution in [0.2, 0.25) is 0 Å². The highest BCUT2D eigenvalue weighted by Crippen LogP contribution is 2.24. The second-order valence-corrected chi connectivity index (χ2v) is 10.6. The van der Waals surface area contributed by atoms with Gasteiger partial charge in [0, 0.05) is 24.7 Å². The van der Waals surface area contributed by atoms with Crippen molar-refractivity contribution in [1.82, 2.24) is 10.2 Å². The molecule has 0 aliphatic rings. The Morgan fingerprint density at radius 1 is 1.11 bits per heavy atom. The van der Waals surface area contributed by atoms with Gasteiger partial charge in [-0.2, -0.15) is 0 Å². The predicted octanol–water partition coefficient (Wildman–Crippen LogP) is 3.09. The van der Waals surface area contributed by atoms with Gasteiger partial charge in [-0.15, -0.1) is 0 Å². The topological polar surface area (TPSA) is 139 Å². The van der Waals surface area contributed by atoms with Gasteiger partial charge >= 0.3 is 0 Å². The van der Waals surface area contributed by atoms with E-state index >= 15 is 0 Å². The fraction of sp³-hybridized carbons (Fsp3) is 0.440. The summed E-state index contributed by atoms with van der Waals surface area (Å²) in [5.74, 6) is -0.351. The molecule has 2 aromatic rings. The molecule has 2 aromatic carbocycles. The van der Waals surface area contributed by atoms with Crippen molar-refractivity contribution in [3.63, 3.8) is 0 Å². The summed E-state index contributed by atoms with van der Waals surface area (Å²) in [4.78, 5) is 38.7. The number of hydrogen-bond donors (Lipinski definition) is 1. The predicted molar refractivity (Wildman–Crippen MR) is 141 cm³/mol. The molecule has 11 nitrogen and oxygen atoms in total. The number of methoxy groups -OCH3 is 1. The Labute approximate surface area is 217 Å². The fourth-order valence-corrected chi connectivity index (χ4v) is 4.51. The molecule has 0 aliphatic heterocycles. The average Bonchev–Trinajstić information content (AvgIpc) is 2.86. The number of nitro benzene ring substituents is 1. The zero-order chi connectivity index (χ0) is 27.8. The maximum absolute atomic E-state index is 13.7. The van der Waals surface area contributed by atoms with Gasteiger partial charge in [-0.1, -0.05) is 32.0 Å². The molecule has 37 heavy (non-hydrogen) atoms. The van der Waals surface area contributed by atoms with Gasteiger partial charge in [0.05, 0.1) is 24.0 Å². The van der Waals surface area contributed by atoms with Crippen molar-refractivity contribution in [2.24, 2.45) is 0 Å². The molecule has 0 aliphatic carbocycles. The zero-order valence-corrected chi connectivity index (χ0v) is 22.5. The largest absolute Gasteiger partial charge is 0.497 e. The lowest BCUT2D eigenvalue weighted by Crippen LogP contribution is -2.53. The second-order valence-electron chi connectivity index (χ2n) is 8.66. The van der Waals surface area contributed by atoms with Crippen LogP contribution in [0.25, 0.3) is 0 Å². The summed E-state index contributed by atoms with van der Waals surface area (Å²) in [7, 11) is -2.47. The number of benzene rings is 2. The molecule has 2 amide bonds. The molecule has 0 saturated heterocycles. The van der Waals surface area contributed by atoms with Crippen LogP contribution in [0.4, 0.5) is 11.4 Å². The summed E-state index contributed by atoms with van der Waals surface area (Å²) in [5, 5.41) is 14.1. The van der Waals surface area contributed by atoms with Crippen LogP contribution in [-0.4, -0.2) is 62.0 Å². The number of nitrogens with one attached hydrogen (secondary N) is 1. The Morgan fingerprint density at radius 3 is 2.27 bits per heavy atom. The average molecular weight is 535 g/mol. The number of nitrogens with zero attached hydrogens (tertiary/aromatic N) is 3. The summed E-state index contributed by atoms with van der Waals surface area (Å²) in [6, 6.07) is 11.0. The van der Waals surface area contributed by atoms with Gasteiger partial charge in [0.25, 0.3) is 5.69 Å². The van der Waals surface area contributed by atoms with Crippen molar-refractivity contribution < 1.29 is 27.7 Å². The van der Waals surface area contributed by atoms with E-state index in [0.29, 0.717) is 24.2 Å². The Balaban J connectivity index is 2.47. The van der Waals surface area contributed by atoms with Crippen LogP contribution < -0.4 is 14.4 Å². The lowest BCUT2D eigenvalue weighted by atomic mass is 10.1. The van der Waals surface area contributed by atoms with Crippen molar-refractivity contribution in [2.45, 2.75) is 52.2 Å². The van der Waals surface area contributed by atoms with Crippen LogP contribution >= 0.6 is 0 Å². The third-order valence-electron chi connectivity index (χ3n) is 5.91. The molecule has 0 aromatic heterocycles. The Morgan fingerprint density at radius 2 is 1.76 bits per heavy atom. The first kappa shape index (κ1) is 29.6. The number of amides is 2. The van der Waals surface area contributed by atoms with Crippen LogP contribution in [0, 0.1) is 10.1 Å². The molecule has 0 spiro atoms. The standard InChI is InChI=1S/C25H34N4O7S/c1-6-18(3)26-25(31)23(7-2)27(16-19-11-13-22(36-4)14-12-19)24(30)17-28(37(5,34)35)20-9-8-10-21(15-20)29(32)33/h8-15,18,23H,6-7,16-17H2,1-5H3,(H,26,31)/t18-,23-/m1/s1. The van der Waals surface area contributed by atoms with Crippen molar-refractivity contribution in [2.75, 3.05) is 24.2 Å². The molecular weight excluding hydrogens is 500 g/mol. The molecule has 0 unspecified atom stereocenters. The van der Waals surface area contributed by atoms with E-state index in [9.17, 15) is 28.1 Å². The SMILES string of the molecule is CC[C@@H](C)NC(=O)[C@@H](CC)N(Cc1ccc(OC)cc1)C(=O)CN(c1cccc([N+](=O)[O-])c1)S(C)(=O)=O. The van der Waals surface area contributed by atoms with Crippen LogP contribution in [0.3, 0.4) is 0 Å². The molecule has 12 heteroatoms. The molecule has 2 atom stereocenters. The van der Waals surface area contributed by atoms with Crippen molar-refractivity contribution in [3.05, 3.63) is 64.2 Å². The molecule has 1 N–H and O–H groups in total. The minimum atomic E-state index is -4.00.